The Morgan fingerprint density at radius 2 is 0.918 bits per heavy atom. The molecule has 0 saturated carbocycles. The highest BCUT2D eigenvalue weighted by atomic mass is 32.1. The normalized spacial score (nSPS) is 13.8. The zero-order valence-electron chi connectivity index (χ0n) is 34.8. The molecule has 2 aromatic heterocycles. The molecule has 49 heavy (non-hydrogen) atoms. The summed E-state index contributed by atoms with van der Waals surface area (Å²) in [6.07, 6.45) is 0. The number of hydrogen-bond acceptors (Lipinski definition) is 4. The van der Waals surface area contributed by atoms with Crippen LogP contribution in [-0.2, 0) is 0 Å². The van der Waals surface area contributed by atoms with E-state index in [1.807, 2.05) is 91.0 Å². The summed E-state index contributed by atoms with van der Waals surface area (Å²) in [5.74, 6) is 0.359. The van der Waals surface area contributed by atoms with Crippen LogP contribution in [0.15, 0.2) is 176 Å². The standard InChI is InChI=1S/C45H29N3S/c1-3-12-30(13-4-1)31-22-26-34(27-23-31)43-46-44(48-45(47-43)40-18-8-7-16-36(40)32-14-5-2-6-15-32)35-28-24-33(25-29-35)37-19-11-20-39-38-17-9-10-21-41(38)49-42(37)39/h1-29H/i1D,3D,4D,12D,13D,22D,23D,26D,27D. The average molecular weight is 653 g/mol. The third-order valence-corrected chi connectivity index (χ3v) is 9.57. The Hall–Kier alpha value is -6.23. The van der Waals surface area contributed by atoms with Crippen LogP contribution in [0, 0.1) is 0 Å². The van der Waals surface area contributed by atoms with Crippen molar-refractivity contribution in [1.29, 1.82) is 0 Å². The van der Waals surface area contributed by atoms with Crippen LogP contribution in [0.2, 0.25) is 0 Å². The molecule has 0 aliphatic carbocycles. The first-order valence-corrected chi connectivity index (χ1v) is 16.4. The van der Waals surface area contributed by atoms with Crippen molar-refractivity contribution in [3.05, 3.63) is 176 Å². The lowest BCUT2D eigenvalue weighted by Gasteiger charge is -2.12. The molecule has 230 valence electrons. The molecule has 0 bridgehead atoms. The van der Waals surface area contributed by atoms with Crippen molar-refractivity contribution in [3.63, 3.8) is 0 Å². The van der Waals surface area contributed by atoms with Gasteiger partial charge < -0.3 is 0 Å². The van der Waals surface area contributed by atoms with E-state index in [1.54, 1.807) is 11.3 Å². The average Bonchev–Trinajstić information content (AvgIpc) is 3.65. The predicted molar refractivity (Wildman–Crippen MR) is 205 cm³/mol. The van der Waals surface area contributed by atoms with E-state index in [0.29, 0.717) is 11.1 Å². The summed E-state index contributed by atoms with van der Waals surface area (Å²) >= 11 is 1.74. The summed E-state index contributed by atoms with van der Waals surface area (Å²) in [6, 6.07) is 34.3. The van der Waals surface area contributed by atoms with E-state index in [0.717, 1.165) is 22.3 Å². The SMILES string of the molecule is [2H]c1c([2H])c([2H])c(-c2c([2H])c([2H])c(-c3nc(-c4ccc(-c5cccc6c5sc5ccccc56)cc4)nc(-c4ccccc4-c4ccccc4)n3)c([2H])c2[2H])c([2H])c1[2H]. The molecule has 3 nitrogen and oxygen atoms in total. The quantitative estimate of drug-likeness (QED) is 0.179. The molecule has 4 heteroatoms. The Labute approximate surface area is 301 Å². The maximum atomic E-state index is 9.16. The van der Waals surface area contributed by atoms with Gasteiger partial charge in [-0.15, -0.1) is 11.3 Å². The molecule has 0 aliphatic rings. The number of hydrogen-bond donors (Lipinski definition) is 0. The summed E-state index contributed by atoms with van der Waals surface area (Å²) in [6.45, 7) is 0. The Balaban J connectivity index is 1.24. The fourth-order valence-corrected chi connectivity index (χ4v) is 7.22. The van der Waals surface area contributed by atoms with E-state index in [9.17, 15) is 0 Å². The van der Waals surface area contributed by atoms with Crippen LogP contribution in [0.1, 0.15) is 12.3 Å². The molecule has 0 saturated heterocycles. The number of rotatable bonds is 6. The molecule has 2 heterocycles. The maximum absolute atomic E-state index is 9.16. The van der Waals surface area contributed by atoms with Gasteiger partial charge in [0.05, 0.1) is 12.3 Å². The van der Waals surface area contributed by atoms with Gasteiger partial charge in [0.25, 0.3) is 0 Å². The molecule has 0 N–H and O–H groups in total. The van der Waals surface area contributed by atoms with Gasteiger partial charge in [0.15, 0.2) is 17.5 Å². The topological polar surface area (TPSA) is 38.7 Å². The number of nitrogens with zero attached hydrogens (tertiary/aromatic N) is 3. The molecule has 7 aromatic carbocycles. The third kappa shape index (κ3) is 5.48. The Morgan fingerprint density at radius 3 is 1.71 bits per heavy atom. The first-order chi connectivity index (χ1) is 28.0. The second kappa shape index (κ2) is 12.4. The minimum atomic E-state index is -0.646. The molecule has 0 atom stereocenters. The second-order valence-electron chi connectivity index (χ2n) is 11.3. The first kappa shape index (κ1) is 20.9. The highest BCUT2D eigenvalue weighted by Crippen LogP contribution is 2.40. The molecule has 9 aromatic rings. The highest BCUT2D eigenvalue weighted by Gasteiger charge is 2.16. The van der Waals surface area contributed by atoms with Crippen LogP contribution >= 0.6 is 11.3 Å². The van der Waals surface area contributed by atoms with Gasteiger partial charge in [0, 0.05) is 36.9 Å². The molecule has 9 rings (SSSR count). The minimum Gasteiger partial charge on any atom is -0.208 e. The van der Waals surface area contributed by atoms with Gasteiger partial charge >= 0.3 is 0 Å². The second-order valence-corrected chi connectivity index (χ2v) is 12.4. The van der Waals surface area contributed by atoms with Crippen LogP contribution < -0.4 is 0 Å². The lowest BCUT2D eigenvalue weighted by molar-refractivity contribution is 1.07. The number of thiophene rings is 1. The summed E-state index contributed by atoms with van der Waals surface area (Å²) in [5.41, 5.74) is 4.04. The number of benzene rings is 7. The van der Waals surface area contributed by atoms with Crippen molar-refractivity contribution in [2.45, 2.75) is 0 Å². The van der Waals surface area contributed by atoms with Gasteiger partial charge in [-0.1, -0.05) is 170 Å². The van der Waals surface area contributed by atoms with E-state index in [-0.39, 0.29) is 23.0 Å². The molecule has 0 spiro atoms. The summed E-state index contributed by atoms with van der Waals surface area (Å²) in [4.78, 5) is 14.5. The van der Waals surface area contributed by atoms with Crippen molar-refractivity contribution in [2.75, 3.05) is 0 Å². The fraction of sp³-hybridized carbons (Fsp3) is 0. The predicted octanol–water partition coefficient (Wildman–Crippen LogP) is 12.2. The smallest absolute Gasteiger partial charge is 0.164 e. The molecule has 0 amide bonds. The Bertz CT molecular complexity index is 3060. The summed E-state index contributed by atoms with van der Waals surface area (Å²) in [5, 5.41) is 2.39. The molecular weight excluding hydrogens is 615 g/mol. The van der Waals surface area contributed by atoms with Crippen molar-refractivity contribution >= 4 is 31.5 Å². The monoisotopic (exact) mass is 652 g/mol. The third-order valence-electron chi connectivity index (χ3n) is 8.35. The lowest BCUT2D eigenvalue weighted by Crippen LogP contribution is -2.01. The Morgan fingerprint density at radius 1 is 0.367 bits per heavy atom. The summed E-state index contributed by atoms with van der Waals surface area (Å²) in [7, 11) is 0. The maximum Gasteiger partial charge on any atom is 0.164 e. The number of aromatic nitrogens is 3. The largest absolute Gasteiger partial charge is 0.208 e. The van der Waals surface area contributed by atoms with Gasteiger partial charge in [0.1, 0.15) is 0 Å². The van der Waals surface area contributed by atoms with E-state index in [1.165, 1.54) is 20.2 Å². The van der Waals surface area contributed by atoms with Crippen molar-refractivity contribution in [1.82, 2.24) is 15.0 Å². The van der Waals surface area contributed by atoms with Crippen molar-refractivity contribution in [2.24, 2.45) is 0 Å². The van der Waals surface area contributed by atoms with E-state index >= 15 is 0 Å². The van der Waals surface area contributed by atoms with Crippen LogP contribution in [0.4, 0.5) is 0 Å². The zero-order valence-corrected chi connectivity index (χ0v) is 26.6. The van der Waals surface area contributed by atoms with Crippen LogP contribution in [0.3, 0.4) is 0 Å². The van der Waals surface area contributed by atoms with E-state index < -0.39 is 65.5 Å². The molecular formula is C45H29N3S. The van der Waals surface area contributed by atoms with Crippen molar-refractivity contribution in [3.8, 4) is 67.5 Å². The van der Waals surface area contributed by atoms with Crippen LogP contribution in [0.25, 0.3) is 87.7 Å². The molecule has 0 aliphatic heterocycles. The Kier molecular flexibility index (Phi) is 5.29. The van der Waals surface area contributed by atoms with Crippen molar-refractivity contribution < 1.29 is 12.3 Å². The van der Waals surface area contributed by atoms with Gasteiger partial charge in [-0.2, -0.15) is 0 Å². The van der Waals surface area contributed by atoms with Gasteiger partial charge in [0.2, 0.25) is 0 Å². The van der Waals surface area contributed by atoms with E-state index in [4.69, 9.17) is 27.3 Å². The van der Waals surface area contributed by atoms with Gasteiger partial charge in [-0.05, 0) is 39.4 Å². The molecule has 0 radical (unpaired) electrons. The van der Waals surface area contributed by atoms with Crippen LogP contribution in [0.5, 0.6) is 0 Å². The van der Waals surface area contributed by atoms with Gasteiger partial charge in [-0.3, -0.25) is 0 Å². The highest BCUT2D eigenvalue weighted by molar-refractivity contribution is 7.26. The fourth-order valence-electron chi connectivity index (χ4n) is 5.98. The lowest BCUT2D eigenvalue weighted by atomic mass is 9.99. The van der Waals surface area contributed by atoms with Gasteiger partial charge in [-0.25, -0.2) is 15.0 Å². The first-order valence-electron chi connectivity index (χ1n) is 20.1. The van der Waals surface area contributed by atoms with E-state index in [2.05, 4.69) is 30.3 Å². The number of fused-ring (bicyclic) bond motifs is 3. The summed E-state index contributed by atoms with van der Waals surface area (Å²) < 4.78 is 80.1. The minimum absolute atomic E-state index is 0.119. The molecule has 0 fully saturated rings. The van der Waals surface area contributed by atoms with Crippen LogP contribution in [-0.4, -0.2) is 15.0 Å². The zero-order chi connectivity index (χ0) is 40.4. The molecule has 0 unspecified atom stereocenters.